The number of rotatable bonds is 10. The van der Waals surface area contributed by atoms with Gasteiger partial charge in [-0.05, 0) is 70.9 Å². The first kappa shape index (κ1) is 28.9. The van der Waals surface area contributed by atoms with E-state index < -0.39 is 34.1 Å². The number of carbonyl (C=O) groups is 2. The highest BCUT2D eigenvalue weighted by Crippen LogP contribution is 2.24. The van der Waals surface area contributed by atoms with Crippen molar-refractivity contribution in [2.75, 3.05) is 17.4 Å². The van der Waals surface area contributed by atoms with Crippen LogP contribution in [0.15, 0.2) is 89.8 Å². The third-order valence-corrected chi connectivity index (χ3v) is 7.87. The fourth-order valence-corrected chi connectivity index (χ4v) is 5.42. The molecule has 0 fully saturated rings. The van der Waals surface area contributed by atoms with Crippen LogP contribution in [0.5, 0.6) is 0 Å². The van der Waals surface area contributed by atoms with Crippen molar-refractivity contribution in [3.05, 3.63) is 96.1 Å². The summed E-state index contributed by atoms with van der Waals surface area (Å²) in [4.78, 5) is 28.5. The number of nitrogens with zero attached hydrogens (tertiary/aromatic N) is 2. The molecule has 0 unspecified atom stereocenters. The maximum Gasteiger partial charge on any atom is 0.264 e. The van der Waals surface area contributed by atoms with Gasteiger partial charge in [0.15, 0.2) is 0 Å². The number of hydrogen-bond acceptors (Lipinski definition) is 4. The second-order valence-electron chi connectivity index (χ2n) is 10.4. The third-order valence-electron chi connectivity index (χ3n) is 6.08. The molecule has 0 bridgehead atoms. The van der Waals surface area contributed by atoms with E-state index in [1.54, 1.807) is 49.4 Å². The van der Waals surface area contributed by atoms with Crippen molar-refractivity contribution in [2.45, 2.75) is 57.5 Å². The van der Waals surface area contributed by atoms with Crippen molar-refractivity contribution in [2.24, 2.45) is 0 Å². The van der Waals surface area contributed by atoms with Crippen LogP contribution < -0.4 is 9.62 Å². The zero-order chi connectivity index (χ0) is 27.9. The number of hydrogen-bond donors (Lipinski definition) is 1. The van der Waals surface area contributed by atoms with Crippen LogP contribution in [0.3, 0.4) is 0 Å². The molecule has 3 aromatic carbocycles. The summed E-state index contributed by atoms with van der Waals surface area (Å²) >= 11 is 0. The zero-order valence-electron chi connectivity index (χ0n) is 22.7. The van der Waals surface area contributed by atoms with E-state index in [1.807, 2.05) is 58.0 Å². The van der Waals surface area contributed by atoms with E-state index in [-0.39, 0.29) is 17.3 Å². The van der Waals surface area contributed by atoms with Gasteiger partial charge in [-0.1, -0.05) is 66.2 Å². The number of amides is 2. The standard InChI is InChI=1S/C30H37N3O4S/c1-23-16-18-27(19-17-23)38(36,37)33(26-14-10-7-11-15-26)22-28(34)32(21-20-25-12-8-6-9-13-25)24(2)29(35)31-30(3,4)5/h6-19,24H,20-22H2,1-5H3,(H,31,35)/t24-/m0/s1. The summed E-state index contributed by atoms with van der Waals surface area (Å²) in [6.45, 7) is 8.99. The Kier molecular flexibility index (Phi) is 9.33. The molecule has 8 heteroatoms. The molecule has 1 atom stereocenters. The number of anilines is 1. The minimum atomic E-state index is -4.06. The molecule has 0 spiro atoms. The quantitative estimate of drug-likeness (QED) is 0.412. The van der Waals surface area contributed by atoms with Gasteiger partial charge >= 0.3 is 0 Å². The predicted octanol–water partition coefficient (Wildman–Crippen LogP) is 4.56. The van der Waals surface area contributed by atoms with E-state index in [0.29, 0.717) is 12.1 Å². The fourth-order valence-electron chi connectivity index (χ4n) is 4.00. The Balaban J connectivity index is 1.95. The van der Waals surface area contributed by atoms with Crippen molar-refractivity contribution >= 4 is 27.5 Å². The summed E-state index contributed by atoms with van der Waals surface area (Å²) in [6, 6.07) is 23.9. The van der Waals surface area contributed by atoms with Gasteiger partial charge in [0, 0.05) is 12.1 Å². The lowest BCUT2D eigenvalue weighted by Gasteiger charge is -2.33. The van der Waals surface area contributed by atoms with E-state index in [4.69, 9.17) is 0 Å². The summed E-state index contributed by atoms with van der Waals surface area (Å²) in [6.07, 6.45) is 0.524. The molecule has 202 valence electrons. The van der Waals surface area contributed by atoms with Crippen molar-refractivity contribution in [1.29, 1.82) is 0 Å². The minimum Gasteiger partial charge on any atom is -0.350 e. The van der Waals surface area contributed by atoms with Gasteiger partial charge in [-0.25, -0.2) is 8.42 Å². The van der Waals surface area contributed by atoms with Crippen LogP contribution in [0.1, 0.15) is 38.8 Å². The molecule has 0 radical (unpaired) electrons. The Morgan fingerprint density at radius 3 is 1.97 bits per heavy atom. The lowest BCUT2D eigenvalue weighted by atomic mass is 10.1. The lowest BCUT2D eigenvalue weighted by molar-refractivity contribution is -0.139. The summed E-state index contributed by atoms with van der Waals surface area (Å²) < 4.78 is 28.6. The Morgan fingerprint density at radius 1 is 0.868 bits per heavy atom. The van der Waals surface area contributed by atoms with Crippen molar-refractivity contribution in [1.82, 2.24) is 10.2 Å². The lowest BCUT2D eigenvalue weighted by Crippen LogP contribution is -2.55. The van der Waals surface area contributed by atoms with Crippen molar-refractivity contribution in [3.8, 4) is 0 Å². The molecule has 2 amide bonds. The molecule has 0 aliphatic carbocycles. The van der Waals surface area contributed by atoms with Crippen LogP contribution in [-0.4, -0.2) is 49.8 Å². The van der Waals surface area contributed by atoms with Gasteiger partial charge < -0.3 is 10.2 Å². The first-order chi connectivity index (χ1) is 17.9. The second kappa shape index (κ2) is 12.3. The van der Waals surface area contributed by atoms with Crippen LogP contribution in [0, 0.1) is 6.92 Å². The van der Waals surface area contributed by atoms with E-state index in [1.165, 1.54) is 17.0 Å². The molecule has 1 N–H and O–H groups in total. The van der Waals surface area contributed by atoms with Gasteiger partial charge in [-0.2, -0.15) is 0 Å². The normalized spacial score (nSPS) is 12.4. The summed E-state index contributed by atoms with van der Waals surface area (Å²) in [5.74, 6) is -0.761. The minimum absolute atomic E-state index is 0.0918. The molecule has 0 aliphatic rings. The number of para-hydroxylation sites is 1. The average molecular weight is 536 g/mol. The van der Waals surface area contributed by atoms with Gasteiger partial charge in [-0.3, -0.25) is 13.9 Å². The van der Waals surface area contributed by atoms with Gasteiger partial charge in [0.2, 0.25) is 11.8 Å². The number of carbonyl (C=O) groups excluding carboxylic acids is 2. The van der Waals surface area contributed by atoms with E-state index in [9.17, 15) is 18.0 Å². The molecular formula is C30H37N3O4S. The summed E-state index contributed by atoms with van der Waals surface area (Å²) in [7, 11) is -4.06. The van der Waals surface area contributed by atoms with Gasteiger partial charge in [0.05, 0.1) is 10.6 Å². The average Bonchev–Trinajstić information content (AvgIpc) is 2.87. The maximum absolute atomic E-state index is 13.8. The molecule has 38 heavy (non-hydrogen) atoms. The summed E-state index contributed by atoms with van der Waals surface area (Å²) in [5.41, 5.74) is 1.83. The van der Waals surface area contributed by atoms with Crippen LogP contribution in [0.25, 0.3) is 0 Å². The highest BCUT2D eigenvalue weighted by molar-refractivity contribution is 7.92. The molecule has 0 saturated carbocycles. The van der Waals surface area contributed by atoms with E-state index >= 15 is 0 Å². The molecule has 3 rings (SSSR count). The number of benzene rings is 3. The highest BCUT2D eigenvalue weighted by Gasteiger charge is 2.33. The molecule has 0 saturated heterocycles. The highest BCUT2D eigenvalue weighted by atomic mass is 32.2. The van der Waals surface area contributed by atoms with E-state index in [0.717, 1.165) is 15.4 Å². The Bertz CT molecular complexity index is 1320. The Morgan fingerprint density at radius 2 is 1.42 bits per heavy atom. The molecular weight excluding hydrogens is 498 g/mol. The number of nitrogens with one attached hydrogen (secondary N) is 1. The van der Waals surface area contributed by atoms with Crippen LogP contribution in [0.2, 0.25) is 0 Å². The van der Waals surface area contributed by atoms with Crippen molar-refractivity contribution in [3.63, 3.8) is 0 Å². The van der Waals surface area contributed by atoms with Gasteiger partial charge in [0.25, 0.3) is 10.0 Å². The topological polar surface area (TPSA) is 86.8 Å². The first-order valence-electron chi connectivity index (χ1n) is 12.7. The Labute approximate surface area is 226 Å². The second-order valence-corrected chi connectivity index (χ2v) is 12.3. The molecule has 7 nitrogen and oxygen atoms in total. The third kappa shape index (κ3) is 7.68. The number of aryl methyl sites for hydroxylation is 1. The molecule has 0 aromatic heterocycles. The van der Waals surface area contributed by atoms with Crippen LogP contribution >= 0.6 is 0 Å². The largest absolute Gasteiger partial charge is 0.350 e. The zero-order valence-corrected chi connectivity index (χ0v) is 23.5. The predicted molar refractivity (Wildman–Crippen MR) is 151 cm³/mol. The number of sulfonamides is 1. The van der Waals surface area contributed by atoms with Crippen molar-refractivity contribution < 1.29 is 18.0 Å². The first-order valence-corrected chi connectivity index (χ1v) is 14.1. The smallest absolute Gasteiger partial charge is 0.264 e. The summed E-state index contributed by atoms with van der Waals surface area (Å²) in [5, 5.41) is 2.93. The van der Waals surface area contributed by atoms with Gasteiger partial charge in [0.1, 0.15) is 12.6 Å². The molecule has 0 heterocycles. The van der Waals surface area contributed by atoms with Crippen LogP contribution in [0.4, 0.5) is 5.69 Å². The van der Waals surface area contributed by atoms with Gasteiger partial charge in [-0.15, -0.1) is 0 Å². The Hall–Kier alpha value is -3.65. The van der Waals surface area contributed by atoms with Crippen LogP contribution in [-0.2, 0) is 26.0 Å². The SMILES string of the molecule is Cc1ccc(S(=O)(=O)N(CC(=O)N(CCc2ccccc2)[C@@H](C)C(=O)NC(C)(C)C)c2ccccc2)cc1. The molecule has 3 aromatic rings. The monoisotopic (exact) mass is 535 g/mol. The maximum atomic E-state index is 13.8. The van der Waals surface area contributed by atoms with E-state index in [2.05, 4.69) is 5.32 Å². The molecule has 0 aliphatic heterocycles. The fraction of sp³-hybridized carbons (Fsp3) is 0.333.